The fourth-order valence-corrected chi connectivity index (χ4v) is 5.12. The highest BCUT2D eigenvalue weighted by molar-refractivity contribution is 9.10. The smallest absolute Gasteiger partial charge is 0.269 e. The molecule has 4 aromatic rings. The van der Waals surface area contributed by atoms with E-state index in [-0.39, 0.29) is 23.1 Å². The third kappa shape index (κ3) is 6.09. The summed E-state index contributed by atoms with van der Waals surface area (Å²) >= 11 is 3.59. The van der Waals surface area contributed by atoms with Crippen molar-refractivity contribution in [3.8, 4) is 17.2 Å². The van der Waals surface area contributed by atoms with Gasteiger partial charge in [-0.15, -0.1) is 0 Å². The standard InChI is InChI=1S/C30H31BrN4O6/c1-18(2)14-15-33(29(36)20-10-12-21(13-11-20)35(38)39)19(3)28-32-24-9-7-6-8-23(24)30(37)34(28)25-16-22(40-4)17-26(41-5)27(25)31/h6-13,16-19H,14-15H2,1-5H3. The predicted molar refractivity (Wildman–Crippen MR) is 160 cm³/mol. The van der Waals surface area contributed by atoms with Gasteiger partial charge < -0.3 is 14.4 Å². The predicted octanol–water partition coefficient (Wildman–Crippen LogP) is 6.32. The number of nitrogens with zero attached hydrogens (tertiary/aromatic N) is 4. The van der Waals surface area contributed by atoms with Gasteiger partial charge in [-0.3, -0.25) is 24.3 Å². The van der Waals surface area contributed by atoms with Crippen LogP contribution in [0, 0.1) is 16.0 Å². The summed E-state index contributed by atoms with van der Waals surface area (Å²) in [5, 5.41) is 11.6. The summed E-state index contributed by atoms with van der Waals surface area (Å²) in [5.41, 5.74) is 0.807. The van der Waals surface area contributed by atoms with Crippen molar-refractivity contribution in [2.45, 2.75) is 33.2 Å². The minimum Gasteiger partial charge on any atom is -0.497 e. The molecule has 214 valence electrons. The van der Waals surface area contributed by atoms with E-state index in [9.17, 15) is 19.7 Å². The molecule has 1 atom stereocenters. The number of halogens is 1. The Bertz CT molecular complexity index is 1650. The lowest BCUT2D eigenvalue weighted by molar-refractivity contribution is -0.384. The zero-order valence-corrected chi connectivity index (χ0v) is 25.0. The molecule has 0 fully saturated rings. The average molecular weight is 624 g/mol. The summed E-state index contributed by atoms with van der Waals surface area (Å²) in [5.74, 6) is 1.22. The van der Waals surface area contributed by atoms with E-state index in [2.05, 4.69) is 29.8 Å². The third-order valence-electron chi connectivity index (χ3n) is 6.87. The number of nitro groups is 1. The Morgan fingerprint density at radius 3 is 2.37 bits per heavy atom. The van der Waals surface area contributed by atoms with Crippen molar-refractivity contribution < 1.29 is 19.2 Å². The number of aromatic nitrogens is 2. The number of nitro benzene ring substituents is 1. The SMILES string of the molecule is COc1cc(OC)c(Br)c(-n2c(C(C)N(CCC(C)C)C(=O)c3ccc([N+](=O)[O-])cc3)nc3ccccc3c2=O)c1. The van der Waals surface area contributed by atoms with Crippen LogP contribution in [0.1, 0.15) is 49.4 Å². The van der Waals surface area contributed by atoms with Gasteiger partial charge in [0.2, 0.25) is 0 Å². The zero-order chi connectivity index (χ0) is 29.8. The number of hydrogen-bond acceptors (Lipinski definition) is 7. The molecule has 0 aliphatic rings. The Hall–Kier alpha value is -4.25. The number of amides is 1. The Morgan fingerprint density at radius 1 is 1.07 bits per heavy atom. The molecule has 4 rings (SSSR count). The summed E-state index contributed by atoms with van der Waals surface area (Å²) in [6.45, 7) is 6.31. The quantitative estimate of drug-likeness (QED) is 0.150. The molecule has 0 saturated heterocycles. The van der Waals surface area contributed by atoms with Crippen LogP contribution in [0.4, 0.5) is 5.69 Å². The van der Waals surface area contributed by atoms with Crippen LogP contribution in [0.5, 0.6) is 11.5 Å². The van der Waals surface area contributed by atoms with Crippen LogP contribution in [-0.2, 0) is 0 Å². The van der Waals surface area contributed by atoms with Gasteiger partial charge in [0.1, 0.15) is 17.3 Å². The molecule has 1 unspecified atom stereocenters. The summed E-state index contributed by atoms with van der Waals surface area (Å²) in [6.07, 6.45) is 0.692. The molecular weight excluding hydrogens is 592 g/mol. The largest absolute Gasteiger partial charge is 0.497 e. The van der Waals surface area contributed by atoms with Crippen LogP contribution in [0.3, 0.4) is 0 Å². The molecule has 11 heteroatoms. The van der Waals surface area contributed by atoms with Crippen molar-refractivity contribution in [2.24, 2.45) is 5.92 Å². The number of carbonyl (C=O) groups is 1. The molecule has 0 saturated carbocycles. The lowest BCUT2D eigenvalue weighted by atomic mass is 10.1. The number of para-hydroxylation sites is 1. The Morgan fingerprint density at radius 2 is 1.76 bits per heavy atom. The average Bonchev–Trinajstić information content (AvgIpc) is 2.97. The maximum atomic E-state index is 14.1. The van der Waals surface area contributed by atoms with E-state index in [0.717, 1.165) is 0 Å². The van der Waals surface area contributed by atoms with Crippen molar-refractivity contribution in [3.63, 3.8) is 0 Å². The molecule has 0 radical (unpaired) electrons. The van der Waals surface area contributed by atoms with E-state index in [1.165, 1.54) is 43.1 Å². The van der Waals surface area contributed by atoms with E-state index in [1.54, 1.807) is 41.3 Å². The van der Waals surface area contributed by atoms with Crippen LogP contribution in [0.15, 0.2) is 69.9 Å². The lowest BCUT2D eigenvalue weighted by Gasteiger charge is -2.31. The summed E-state index contributed by atoms with van der Waals surface area (Å²) in [4.78, 5) is 45.2. The summed E-state index contributed by atoms with van der Waals surface area (Å²) < 4.78 is 13.0. The maximum Gasteiger partial charge on any atom is 0.269 e. The molecule has 0 aliphatic heterocycles. The molecule has 41 heavy (non-hydrogen) atoms. The highest BCUT2D eigenvalue weighted by Gasteiger charge is 2.29. The van der Waals surface area contributed by atoms with Gasteiger partial charge in [0.05, 0.1) is 46.2 Å². The van der Waals surface area contributed by atoms with Crippen LogP contribution in [0.2, 0.25) is 0 Å². The molecule has 0 N–H and O–H groups in total. The highest BCUT2D eigenvalue weighted by atomic mass is 79.9. The number of hydrogen-bond donors (Lipinski definition) is 0. The fourth-order valence-electron chi connectivity index (χ4n) is 4.55. The lowest BCUT2D eigenvalue weighted by Crippen LogP contribution is -2.38. The van der Waals surface area contributed by atoms with Gasteiger partial charge in [-0.1, -0.05) is 26.0 Å². The normalized spacial score (nSPS) is 11.9. The first-order chi connectivity index (χ1) is 19.6. The third-order valence-corrected chi connectivity index (χ3v) is 7.66. The second kappa shape index (κ2) is 12.5. The van der Waals surface area contributed by atoms with E-state index in [1.807, 2.05) is 6.92 Å². The van der Waals surface area contributed by atoms with E-state index in [0.29, 0.717) is 56.9 Å². The van der Waals surface area contributed by atoms with Crippen LogP contribution < -0.4 is 15.0 Å². The number of benzene rings is 3. The molecule has 10 nitrogen and oxygen atoms in total. The first-order valence-corrected chi connectivity index (χ1v) is 13.9. The molecule has 1 heterocycles. The van der Waals surface area contributed by atoms with Crippen LogP contribution in [0.25, 0.3) is 16.6 Å². The summed E-state index contributed by atoms with van der Waals surface area (Å²) in [6, 6.07) is 15.3. The van der Waals surface area contributed by atoms with Crippen LogP contribution in [-0.4, -0.2) is 46.0 Å². The van der Waals surface area contributed by atoms with Gasteiger partial charge in [-0.05, 0) is 59.5 Å². The maximum absolute atomic E-state index is 14.1. The molecule has 1 aromatic heterocycles. The minimum absolute atomic E-state index is 0.106. The van der Waals surface area contributed by atoms with Gasteiger partial charge in [-0.25, -0.2) is 4.98 Å². The zero-order valence-electron chi connectivity index (χ0n) is 23.5. The van der Waals surface area contributed by atoms with E-state index < -0.39 is 11.0 Å². The van der Waals surface area contributed by atoms with Crippen molar-refractivity contribution >= 4 is 38.4 Å². The van der Waals surface area contributed by atoms with Gasteiger partial charge >= 0.3 is 0 Å². The second-order valence-electron chi connectivity index (χ2n) is 9.95. The van der Waals surface area contributed by atoms with Gasteiger partial charge in [0, 0.05) is 36.4 Å². The Kier molecular flexibility index (Phi) is 9.07. The first-order valence-electron chi connectivity index (χ1n) is 13.1. The molecule has 0 spiro atoms. The Balaban J connectivity index is 1.95. The number of rotatable bonds is 10. The Labute approximate surface area is 245 Å². The number of fused-ring (bicyclic) bond motifs is 1. The van der Waals surface area contributed by atoms with Crippen LogP contribution >= 0.6 is 15.9 Å². The molecule has 0 aliphatic carbocycles. The fraction of sp³-hybridized carbons (Fsp3) is 0.300. The molecular formula is C30H31BrN4O6. The number of carbonyl (C=O) groups excluding carboxylic acids is 1. The van der Waals surface area contributed by atoms with Crippen molar-refractivity contribution in [3.05, 3.63) is 97.0 Å². The number of ether oxygens (including phenoxy) is 2. The van der Waals surface area contributed by atoms with E-state index >= 15 is 0 Å². The molecule has 1 amide bonds. The van der Waals surface area contributed by atoms with Crippen molar-refractivity contribution in [1.29, 1.82) is 0 Å². The van der Waals surface area contributed by atoms with Gasteiger partial charge in [-0.2, -0.15) is 0 Å². The molecule has 3 aromatic carbocycles. The van der Waals surface area contributed by atoms with Gasteiger partial charge in [0.15, 0.2) is 0 Å². The van der Waals surface area contributed by atoms with E-state index in [4.69, 9.17) is 14.5 Å². The van der Waals surface area contributed by atoms with Crippen molar-refractivity contribution in [1.82, 2.24) is 14.5 Å². The topological polar surface area (TPSA) is 117 Å². The first kappa shape index (κ1) is 29.7. The molecule has 0 bridgehead atoms. The second-order valence-corrected chi connectivity index (χ2v) is 10.7. The summed E-state index contributed by atoms with van der Waals surface area (Å²) in [7, 11) is 3.04. The number of non-ortho nitro benzene ring substituents is 1. The monoisotopic (exact) mass is 622 g/mol. The number of methoxy groups -OCH3 is 2. The highest BCUT2D eigenvalue weighted by Crippen LogP contribution is 2.37. The van der Waals surface area contributed by atoms with Crippen molar-refractivity contribution in [2.75, 3.05) is 20.8 Å². The van der Waals surface area contributed by atoms with Gasteiger partial charge in [0.25, 0.3) is 17.2 Å². The minimum atomic E-state index is -0.669.